The van der Waals surface area contributed by atoms with Gasteiger partial charge in [0.1, 0.15) is 5.75 Å². The molecular weight excluding hydrogens is 264 g/mol. The van der Waals surface area contributed by atoms with Crippen molar-refractivity contribution in [3.63, 3.8) is 0 Å². The van der Waals surface area contributed by atoms with E-state index in [-0.39, 0.29) is 5.91 Å². The molecule has 1 aromatic heterocycles. The van der Waals surface area contributed by atoms with Crippen LogP contribution in [0.4, 0.5) is 0 Å². The van der Waals surface area contributed by atoms with Crippen LogP contribution < -0.4 is 10.1 Å². The van der Waals surface area contributed by atoms with Crippen molar-refractivity contribution in [3.05, 3.63) is 58.9 Å². The summed E-state index contributed by atoms with van der Waals surface area (Å²) in [6, 6.07) is 7.77. The van der Waals surface area contributed by atoms with Gasteiger partial charge in [0.15, 0.2) is 0 Å². The number of nitrogens with one attached hydrogen (secondary N) is 1. The van der Waals surface area contributed by atoms with Gasteiger partial charge in [-0.1, -0.05) is 12.1 Å². The van der Waals surface area contributed by atoms with Crippen molar-refractivity contribution in [2.45, 2.75) is 26.8 Å². The van der Waals surface area contributed by atoms with Crippen molar-refractivity contribution in [1.29, 1.82) is 0 Å². The van der Waals surface area contributed by atoms with Crippen LogP contribution in [0.5, 0.6) is 5.75 Å². The average Bonchev–Trinajstić information content (AvgIpc) is 2.49. The summed E-state index contributed by atoms with van der Waals surface area (Å²) in [7, 11) is 1.63. The van der Waals surface area contributed by atoms with Gasteiger partial charge >= 0.3 is 0 Å². The van der Waals surface area contributed by atoms with Gasteiger partial charge in [-0.15, -0.1) is 0 Å². The first-order chi connectivity index (χ1) is 10.1. The summed E-state index contributed by atoms with van der Waals surface area (Å²) in [4.78, 5) is 16.1. The van der Waals surface area contributed by atoms with Gasteiger partial charge in [-0.25, -0.2) is 0 Å². The van der Waals surface area contributed by atoms with Gasteiger partial charge in [0.25, 0.3) is 0 Å². The molecule has 4 nitrogen and oxygen atoms in total. The van der Waals surface area contributed by atoms with Crippen molar-refractivity contribution in [2.24, 2.45) is 0 Å². The monoisotopic (exact) mass is 284 g/mol. The first kappa shape index (κ1) is 15.0. The van der Waals surface area contributed by atoms with Gasteiger partial charge in [0.2, 0.25) is 5.91 Å². The number of ether oxygens (including phenoxy) is 1. The lowest BCUT2D eigenvalue weighted by Gasteiger charge is -2.12. The molecule has 1 amide bonds. The molecule has 110 valence electrons. The van der Waals surface area contributed by atoms with E-state index in [2.05, 4.69) is 10.3 Å². The first-order valence-electron chi connectivity index (χ1n) is 6.90. The van der Waals surface area contributed by atoms with Gasteiger partial charge in [-0.3, -0.25) is 9.78 Å². The van der Waals surface area contributed by atoms with Crippen LogP contribution >= 0.6 is 0 Å². The predicted molar refractivity (Wildman–Crippen MR) is 82.3 cm³/mol. The molecule has 4 heteroatoms. The Morgan fingerprint density at radius 2 is 2.05 bits per heavy atom. The number of carbonyl (C=O) groups is 1. The highest BCUT2D eigenvalue weighted by Crippen LogP contribution is 2.23. The summed E-state index contributed by atoms with van der Waals surface area (Å²) < 4.78 is 5.35. The van der Waals surface area contributed by atoms with Gasteiger partial charge in [-0.05, 0) is 42.7 Å². The van der Waals surface area contributed by atoms with Crippen molar-refractivity contribution in [1.82, 2.24) is 10.3 Å². The van der Waals surface area contributed by atoms with Crippen LogP contribution in [-0.2, 0) is 17.8 Å². The maximum absolute atomic E-state index is 12.1. The zero-order chi connectivity index (χ0) is 15.2. The molecule has 1 heterocycles. The summed E-state index contributed by atoms with van der Waals surface area (Å²) in [5.74, 6) is 0.732. The number of methoxy groups -OCH3 is 1. The van der Waals surface area contributed by atoms with E-state index < -0.39 is 0 Å². The van der Waals surface area contributed by atoms with Gasteiger partial charge in [0.05, 0.1) is 13.5 Å². The molecule has 0 saturated carbocycles. The topological polar surface area (TPSA) is 51.2 Å². The van der Waals surface area contributed by atoms with Gasteiger partial charge in [-0.2, -0.15) is 0 Å². The fourth-order valence-corrected chi connectivity index (χ4v) is 2.12. The Bertz CT molecular complexity index is 624. The molecule has 0 saturated heterocycles. The van der Waals surface area contributed by atoms with Crippen molar-refractivity contribution in [2.75, 3.05) is 7.11 Å². The molecule has 2 rings (SSSR count). The van der Waals surface area contributed by atoms with Crippen LogP contribution in [0.25, 0.3) is 0 Å². The molecule has 0 spiro atoms. The highest BCUT2D eigenvalue weighted by atomic mass is 16.5. The number of rotatable bonds is 5. The summed E-state index contributed by atoms with van der Waals surface area (Å²) in [5, 5.41) is 2.90. The van der Waals surface area contributed by atoms with Crippen LogP contribution in [0.3, 0.4) is 0 Å². The molecule has 1 N–H and O–H groups in total. The second-order valence-corrected chi connectivity index (χ2v) is 5.06. The number of nitrogens with zero attached hydrogens (tertiary/aromatic N) is 1. The van der Waals surface area contributed by atoms with Crippen LogP contribution in [0, 0.1) is 13.8 Å². The molecule has 2 aromatic rings. The van der Waals surface area contributed by atoms with Gasteiger partial charge in [0, 0.05) is 24.5 Å². The van der Waals surface area contributed by atoms with E-state index in [0.29, 0.717) is 13.0 Å². The highest BCUT2D eigenvalue weighted by Gasteiger charge is 2.10. The minimum Gasteiger partial charge on any atom is -0.496 e. The number of hydrogen-bond donors (Lipinski definition) is 1. The third-order valence-electron chi connectivity index (χ3n) is 3.46. The van der Waals surface area contributed by atoms with Crippen LogP contribution in [0.2, 0.25) is 0 Å². The maximum atomic E-state index is 12.1. The predicted octanol–water partition coefficient (Wildman–Crippen LogP) is 2.57. The summed E-state index contributed by atoms with van der Waals surface area (Å²) in [6.45, 7) is 4.55. The number of carbonyl (C=O) groups excluding carboxylic acids is 1. The van der Waals surface area contributed by atoms with Crippen molar-refractivity contribution < 1.29 is 9.53 Å². The number of benzene rings is 1. The Hall–Kier alpha value is -2.36. The smallest absolute Gasteiger partial charge is 0.224 e. The maximum Gasteiger partial charge on any atom is 0.224 e. The van der Waals surface area contributed by atoms with E-state index in [9.17, 15) is 4.79 Å². The molecule has 0 radical (unpaired) electrons. The van der Waals surface area contributed by atoms with Gasteiger partial charge < -0.3 is 10.1 Å². The second kappa shape index (κ2) is 6.88. The summed E-state index contributed by atoms with van der Waals surface area (Å²) >= 11 is 0. The van der Waals surface area contributed by atoms with E-state index in [4.69, 9.17) is 4.74 Å². The normalized spacial score (nSPS) is 10.2. The molecule has 21 heavy (non-hydrogen) atoms. The minimum atomic E-state index is -0.0274. The summed E-state index contributed by atoms with van der Waals surface area (Å²) in [6.07, 6.45) is 3.77. The quantitative estimate of drug-likeness (QED) is 0.918. The second-order valence-electron chi connectivity index (χ2n) is 5.06. The third kappa shape index (κ3) is 4.05. The fourth-order valence-electron chi connectivity index (χ4n) is 2.12. The standard InChI is InChI=1S/C17H20N2O2/c1-12-7-15(16(21-3)8-13(12)2)9-17(20)19-11-14-5-4-6-18-10-14/h4-8,10H,9,11H2,1-3H3,(H,19,20). The number of hydrogen-bond acceptors (Lipinski definition) is 3. The molecular formula is C17H20N2O2. The highest BCUT2D eigenvalue weighted by molar-refractivity contribution is 5.79. The molecule has 0 aliphatic carbocycles. The Kier molecular flexibility index (Phi) is 4.93. The molecule has 0 bridgehead atoms. The Labute approximate surface area is 125 Å². The Morgan fingerprint density at radius 1 is 1.29 bits per heavy atom. The largest absolute Gasteiger partial charge is 0.496 e. The lowest BCUT2D eigenvalue weighted by Crippen LogP contribution is -2.24. The zero-order valence-corrected chi connectivity index (χ0v) is 12.6. The van der Waals surface area contributed by atoms with E-state index in [1.165, 1.54) is 0 Å². The molecule has 0 aliphatic rings. The lowest BCUT2D eigenvalue weighted by molar-refractivity contribution is -0.120. The van der Waals surface area contributed by atoms with E-state index in [1.807, 2.05) is 38.1 Å². The molecule has 1 aromatic carbocycles. The minimum absolute atomic E-state index is 0.0274. The van der Waals surface area contributed by atoms with E-state index in [1.54, 1.807) is 19.5 Å². The molecule has 0 unspecified atom stereocenters. The number of pyridine rings is 1. The summed E-state index contributed by atoms with van der Waals surface area (Å²) in [5.41, 5.74) is 4.21. The molecule has 0 atom stereocenters. The zero-order valence-electron chi connectivity index (χ0n) is 12.6. The number of amides is 1. The molecule has 0 aliphatic heterocycles. The SMILES string of the molecule is COc1cc(C)c(C)cc1CC(=O)NCc1cccnc1. The van der Waals surface area contributed by atoms with Crippen LogP contribution in [0.15, 0.2) is 36.7 Å². The van der Waals surface area contributed by atoms with Crippen LogP contribution in [-0.4, -0.2) is 18.0 Å². The molecule has 0 fully saturated rings. The fraction of sp³-hybridized carbons (Fsp3) is 0.294. The first-order valence-corrected chi connectivity index (χ1v) is 6.90. The van der Waals surface area contributed by atoms with Crippen molar-refractivity contribution in [3.8, 4) is 5.75 Å². The Balaban J connectivity index is 2.01. The van der Waals surface area contributed by atoms with Crippen molar-refractivity contribution >= 4 is 5.91 Å². The van der Waals surface area contributed by atoms with E-state index in [0.717, 1.165) is 28.0 Å². The number of aromatic nitrogens is 1. The van der Waals surface area contributed by atoms with E-state index >= 15 is 0 Å². The Morgan fingerprint density at radius 3 is 2.71 bits per heavy atom. The number of aryl methyl sites for hydroxylation is 2. The van der Waals surface area contributed by atoms with Crippen LogP contribution in [0.1, 0.15) is 22.3 Å². The third-order valence-corrected chi connectivity index (χ3v) is 3.46. The lowest BCUT2D eigenvalue weighted by atomic mass is 10.0. The average molecular weight is 284 g/mol.